The van der Waals surface area contributed by atoms with Crippen molar-refractivity contribution in [3.63, 3.8) is 0 Å². The number of carbonyl (C=O) groups excluding carboxylic acids is 5. The summed E-state index contributed by atoms with van der Waals surface area (Å²) in [7, 11) is 2.83. The highest BCUT2D eigenvalue weighted by atomic mass is 16.7. The van der Waals surface area contributed by atoms with E-state index in [-0.39, 0.29) is 31.6 Å². The van der Waals surface area contributed by atoms with E-state index in [1.54, 1.807) is 83.2 Å². The highest BCUT2D eigenvalue weighted by Gasteiger charge is 2.38. The number of hydroxylamine groups is 2. The quantitative estimate of drug-likeness (QED) is 0.0704. The molecule has 15 nitrogen and oxygen atoms in total. The molecule has 2 aliphatic rings. The Morgan fingerprint density at radius 1 is 1.12 bits per heavy atom. The summed E-state index contributed by atoms with van der Waals surface area (Å²) in [5, 5.41) is 40.6. The summed E-state index contributed by atoms with van der Waals surface area (Å²) in [4.78, 5) is 73.1. The molecule has 58 heavy (non-hydrogen) atoms. The molecule has 0 saturated carbocycles. The summed E-state index contributed by atoms with van der Waals surface area (Å²) >= 11 is 0. The van der Waals surface area contributed by atoms with Gasteiger partial charge in [-0.2, -0.15) is 0 Å². The number of likely N-dealkylation sites (N-methyl/N-ethyl adjacent to an activating group) is 1. The zero-order valence-corrected chi connectivity index (χ0v) is 34.5. The molecule has 0 radical (unpaired) electrons. The first-order valence-electron chi connectivity index (χ1n) is 19.7. The Morgan fingerprint density at radius 2 is 1.86 bits per heavy atom. The maximum absolute atomic E-state index is 14.3. The molecular weight excluding hydrogens is 746 g/mol. The maximum Gasteiger partial charge on any atom is 0.325 e. The number of allylic oxidation sites excluding steroid dienone is 6. The number of cyclic esters (lactones) is 1. The van der Waals surface area contributed by atoms with E-state index in [1.807, 2.05) is 0 Å². The molecule has 6 N–H and O–H groups in total. The number of nitrogens with one attached hydrogen (secondary N) is 3. The van der Waals surface area contributed by atoms with Crippen molar-refractivity contribution in [3.8, 4) is 5.75 Å². The fraction of sp³-hybridized carbons (Fsp3) is 0.512. The van der Waals surface area contributed by atoms with Crippen LogP contribution >= 0.6 is 0 Å². The van der Waals surface area contributed by atoms with E-state index in [0.29, 0.717) is 24.0 Å². The van der Waals surface area contributed by atoms with Gasteiger partial charge in [-0.05, 0) is 62.3 Å². The first-order valence-corrected chi connectivity index (χ1v) is 19.7. The van der Waals surface area contributed by atoms with Crippen LogP contribution in [-0.4, -0.2) is 112 Å². The van der Waals surface area contributed by atoms with E-state index >= 15 is 0 Å². The molecule has 2 heterocycles. The molecule has 1 unspecified atom stereocenters. The van der Waals surface area contributed by atoms with Gasteiger partial charge in [0.15, 0.2) is 0 Å². The van der Waals surface area contributed by atoms with Gasteiger partial charge < -0.3 is 30.7 Å². The van der Waals surface area contributed by atoms with E-state index in [2.05, 4.69) is 16.1 Å². The Hall–Kier alpha value is -5.09. The van der Waals surface area contributed by atoms with Gasteiger partial charge in [0, 0.05) is 38.4 Å². The number of carbonyl (C=O) groups is 5. The van der Waals surface area contributed by atoms with Gasteiger partial charge in [-0.3, -0.25) is 33.8 Å². The molecule has 0 aromatic heterocycles. The second-order valence-electron chi connectivity index (χ2n) is 15.0. The van der Waals surface area contributed by atoms with Gasteiger partial charge in [-0.25, -0.2) is 10.5 Å². The number of nitrogens with zero attached hydrogens (tertiary/aromatic N) is 2. The Balaban J connectivity index is 2.07. The molecule has 2 bridgehead atoms. The lowest BCUT2D eigenvalue weighted by Gasteiger charge is -2.36. The zero-order chi connectivity index (χ0) is 42.9. The molecule has 0 spiro atoms. The minimum Gasteiger partial charge on any atom is -0.508 e. The van der Waals surface area contributed by atoms with Gasteiger partial charge >= 0.3 is 5.97 Å². The molecule has 8 atom stereocenters. The molecule has 3 rings (SSSR count). The Morgan fingerprint density at radius 3 is 2.53 bits per heavy atom. The fourth-order valence-corrected chi connectivity index (χ4v) is 6.50. The smallest absolute Gasteiger partial charge is 0.325 e. The second kappa shape index (κ2) is 23.3. The number of hydrogen-bond donors (Lipinski definition) is 6. The molecule has 2 aliphatic heterocycles. The summed E-state index contributed by atoms with van der Waals surface area (Å²) < 4.78 is 6.01. The maximum atomic E-state index is 14.3. The number of hydrazine groups is 1. The van der Waals surface area contributed by atoms with Crippen molar-refractivity contribution in [2.24, 2.45) is 17.8 Å². The summed E-state index contributed by atoms with van der Waals surface area (Å²) in [6.07, 6.45) is 12.3. The van der Waals surface area contributed by atoms with Crippen LogP contribution in [0.1, 0.15) is 65.9 Å². The van der Waals surface area contributed by atoms with Gasteiger partial charge in [-0.15, -0.1) is 0 Å². The average Bonchev–Trinajstić information content (AvgIpc) is 3.20. The van der Waals surface area contributed by atoms with Crippen LogP contribution in [0, 0.1) is 17.8 Å². The average molecular weight is 808 g/mol. The number of phenols is 1. The minimum atomic E-state index is -1.31. The van der Waals surface area contributed by atoms with Crippen molar-refractivity contribution in [2.45, 2.75) is 103 Å². The third-order valence-electron chi connectivity index (χ3n) is 10.3. The van der Waals surface area contributed by atoms with Crippen molar-refractivity contribution in [1.82, 2.24) is 26.1 Å². The number of aliphatic hydroxyl groups excluding tert-OH is 2. The molecule has 0 aliphatic carbocycles. The van der Waals surface area contributed by atoms with E-state index in [9.17, 15) is 39.3 Å². The molecule has 4 amide bonds. The van der Waals surface area contributed by atoms with Gasteiger partial charge in [0.25, 0.3) is 11.8 Å². The van der Waals surface area contributed by atoms with Crippen molar-refractivity contribution >= 4 is 29.6 Å². The van der Waals surface area contributed by atoms with Crippen LogP contribution in [0.15, 0.2) is 84.5 Å². The highest BCUT2D eigenvalue weighted by Crippen LogP contribution is 2.23. The molecule has 1 aromatic rings. The van der Waals surface area contributed by atoms with Gasteiger partial charge in [0.05, 0.1) is 25.2 Å². The SMILES string of the molecule is C/C=C/C[C@H]1C(=O)N[C@@H](C(C)C)C(=O)N[C@@H](Cc2cccc(O)c2)C(=O)N2CCCC(N2)C(=O)O[C@H](/C(C)=C/C=C/C(=O)N(C)OC)C/C=C/C=C/[C@H](O)[C@H](C)[C@H]1O. The number of benzene rings is 1. The minimum absolute atomic E-state index is 0.0226. The van der Waals surface area contributed by atoms with E-state index < -0.39 is 83.8 Å². The standard InChI is InChI=1S/C43H61N5O10/c1-8-9-19-32-39(52)29(5)35(50)21-11-10-12-22-36(28(4)16-13-23-37(51)47(6)57-7)58-43(56)33-20-15-24-48(46-33)42(55)34(26-30-17-14-18-31(49)25-30)44-41(54)38(27(2)3)45-40(32)53/h8-14,16-18,21,23,25,27,29,32-36,38-39,46,49-50,52H,15,19-20,22,24,26H2,1-7H3,(H,44,54)(H,45,53)/b9-8+,12-10+,21-11+,23-13+,28-16+/t29-,32+,33?,34-,35-,36-,38-,39+/m0/s1. The number of aromatic hydroxyl groups is 1. The van der Waals surface area contributed by atoms with Crippen LogP contribution in [0.5, 0.6) is 5.75 Å². The number of amides is 4. The number of phenolic OH excluding ortho intramolecular Hbond substituents is 1. The second-order valence-corrected chi connectivity index (χ2v) is 15.0. The summed E-state index contributed by atoms with van der Waals surface area (Å²) in [5.74, 6) is -5.12. The molecule has 15 heteroatoms. The third-order valence-corrected chi connectivity index (χ3v) is 10.3. The van der Waals surface area contributed by atoms with Gasteiger partial charge in [0.1, 0.15) is 30.0 Å². The van der Waals surface area contributed by atoms with Crippen LogP contribution in [0.3, 0.4) is 0 Å². The van der Waals surface area contributed by atoms with Gasteiger partial charge in [0.2, 0.25) is 11.8 Å². The van der Waals surface area contributed by atoms with Crippen LogP contribution in [-0.2, 0) is 40.0 Å². The van der Waals surface area contributed by atoms with E-state index in [4.69, 9.17) is 9.57 Å². The molecule has 1 aromatic carbocycles. The first kappa shape index (κ1) is 47.3. The highest BCUT2D eigenvalue weighted by molar-refractivity contribution is 5.93. The number of rotatable bonds is 9. The van der Waals surface area contributed by atoms with Crippen molar-refractivity contribution in [1.29, 1.82) is 0 Å². The largest absolute Gasteiger partial charge is 0.508 e. The number of hydrogen-bond acceptors (Lipinski definition) is 11. The molecule has 318 valence electrons. The Labute approximate surface area is 341 Å². The molecule has 1 fully saturated rings. The monoisotopic (exact) mass is 807 g/mol. The topological polar surface area (TPSA) is 207 Å². The summed E-state index contributed by atoms with van der Waals surface area (Å²) in [6.45, 7) is 8.85. The first-order chi connectivity index (χ1) is 27.6. The molecule has 1 saturated heterocycles. The zero-order valence-electron chi connectivity index (χ0n) is 34.5. The number of fused-ring (bicyclic) bond motifs is 2. The van der Waals surface area contributed by atoms with E-state index in [0.717, 1.165) is 5.06 Å². The predicted molar refractivity (Wildman–Crippen MR) is 218 cm³/mol. The van der Waals surface area contributed by atoms with Crippen LogP contribution in [0.25, 0.3) is 0 Å². The van der Waals surface area contributed by atoms with Crippen molar-refractivity contribution < 1.29 is 48.9 Å². The third kappa shape index (κ3) is 14.1. The normalized spacial score (nSPS) is 28.7. The number of aliphatic hydroxyl groups is 2. The Kier molecular flexibility index (Phi) is 19.0. The van der Waals surface area contributed by atoms with Crippen LogP contribution in [0.4, 0.5) is 0 Å². The van der Waals surface area contributed by atoms with Crippen LogP contribution in [0.2, 0.25) is 0 Å². The lowest BCUT2D eigenvalue weighted by atomic mass is 9.85. The number of ether oxygens (including phenoxy) is 1. The molecular formula is C43H61N5O10. The summed E-state index contributed by atoms with van der Waals surface area (Å²) in [5.41, 5.74) is 4.16. The summed E-state index contributed by atoms with van der Waals surface area (Å²) in [6, 6.07) is 3.07. The van der Waals surface area contributed by atoms with Crippen LogP contribution < -0.4 is 16.1 Å². The van der Waals surface area contributed by atoms with Crippen molar-refractivity contribution in [3.05, 3.63) is 90.1 Å². The number of esters is 1. The Bertz CT molecular complexity index is 1720. The lowest BCUT2D eigenvalue weighted by molar-refractivity contribution is -0.162. The lowest BCUT2D eigenvalue weighted by Crippen LogP contribution is -2.62. The van der Waals surface area contributed by atoms with Crippen molar-refractivity contribution in [2.75, 3.05) is 20.7 Å². The predicted octanol–water partition coefficient (Wildman–Crippen LogP) is 2.95. The fourth-order valence-electron chi connectivity index (χ4n) is 6.50. The van der Waals surface area contributed by atoms with Gasteiger partial charge in [-0.1, -0.05) is 81.5 Å². The van der Waals surface area contributed by atoms with E-state index in [1.165, 1.54) is 49.5 Å².